The molecule has 6 heteroatoms. The molecule has 0 saturated carbocycles. The lowest BCUT2D eigenvalue weighted by atomic mass is 10.3. The zero-order chi connectivity index (χ0) is 14.5. The first-order valence-electron chi connectivity index (χ1n) is 5.79. The Bertz CT molecular complexity index is 614. The Morgan fingerprint density at radius 2 is 1.60 bits per heavy atom. The number of nitrogens with one attached hydrogen (secondary N) is 2. The van der Waals surface area contributed by atoms with E-state index in [2.05, 4.69) is 10.6 Å². The van der Waals surface area contributed by atoms with Gasteiger partial charge in [0.25, 0.3) is 0 Å². The van der Waals surface area contributed by atoms with E-state index in [0.29, 0.717) is 26.4 Å². The van der Waals surface area contributed by atoms with Crippen molar-refractivity contribution in [2.45, 2.75) is 0 Å². The van der Waals surface area contributed by atoms with Crippen molar-refractivity contribution in [2.75, 3.05) is 17.2 Å². The molecule has 0 aromatic heterocycles. The number of carbonyl (C=O) groups is 1. The van der Waals surface area contributed by atoms with Gasteiger partial charge in [-0.05, 0) is 42.5 Å². The van der Waals surface area contributed by atoms with Crippen LogP contribution in [0.15, 0.2) is 42.5 Å². The third-order valence-electron chi connectivity index (χ3n) is 2.50. The van der Waals surface area contributed by atoms with Crippen LogP contribution in [0.4, 0.5) is 11.4 Å². The molecule has 2 rings (SSSR count). The third-order valence-corrected chi connectivity index (χ3v) is 3.30. The van der Waals surface area contributed by atoms with Crippen LogP contribution in [0.5, 0.6) is 0 Å². The number of carbonyl (C=O) groups excluding carboxylic acids is 1. The summed E-state index contributed by atoms with van der Waals surface area (Å²) < 4.78 is 0. The number of hydrogen-bond acceptors (Lipinski definition) is 2. The molecule has 0 aliphatic heterocycles. The van der Waals surface area contributed by atoms with Crippen LogP contribution in [0.3, 0.4) is 0 Å². The first-order chi connectivity index (χ1) is 9.54. The maximum atomic E-state index is 11.8. The lowest BCUT2D eigenvalue weighted by Gasteiger charge is -2.09. The molecular formula is C14H11Cl3N2O. The highest BCUT2D eigenvalue weighted by molar-refractivity contribution is 6.36. The van der Waals surface area contributed by atoms with Gasteiger partial charge in [-0.3, -0.25) is 4.79 Å². The van der Waals surface area contributed by atoms with Crippen LogP contribution in [0.25, 0.3) is 0 Å². The Morgan fingerprint density at radius 3 is 2.25 bits per heavy atom. The number of hydrogen-bond donors (Lipinski definition) is 2. The molecule has 1 amide bonds. The molecule has 104 valence electrons. The van der Waals surface area contributed by atoms with Gasteiger partial charge in [-0.1, -0.05) is 34.8 Å². The van der Waals surface area contributed by atoms with Gasteiger partial charge in [-0.15, -0.1) is 0 Å². The van der Waals surface area contributed by atoms with E-state index in [1.165, 1.54) is 0 Å². The summed E-state index contributed by atoms with van der Waals surface area (Å²) in [4.78, 5) is 11.8. The van der Waals surface area contributed by atoms with E-state index in [1.807, 2.05) is 0 Å². The van der Waals surface area contributed by atoms with E-state index in [0.717, 1.165) is 0 Å². The van der Waals surface area contributed by atoms with Gasteiger partial charge in [0.2, 0.25) is 5.91 Å². The third kappa shape index (κ3) is 4.30. The molecular weight excluding hydrogens is 319 g/mol. The molecule has 0 heterocycles. The van der Waals surface area contributed by atoms with E-state index in [4.69, 9.17) is 34.8 Å². The van der Waals surface area contributed by atoms with Crippen molar-refractivity contribution in [3.05, 3.63) is 57.5 Å². The largest absolute Gasteiger partial charge is 0.375 e. The van der Waals surface area contributed by atoms with Gasteiger partial charge < -0.3 is 10.6 Å². The van der Waals surface area contributed by atoms with E-state index in [-0.39, 0.29) is 12.5 Å². The standard InChI is InChI=1S/C14H11Cl3N2O/c15-9-1-4-11(5-2-9)19-14(20)8-18-13-6-3-10(16)7-12(13)17/h1-7,18H,8H2,(H,19,20). The van der Waals surface area contributed by atoms with Crippen LogP contribution in [0.2, 0.25) is 15.1 Å². The van der Waals surface area contributed by atoms with Gasteiger partial charge in [-0.25, -0.2) is 0 Å². The fourth-order valence-electron chi connectivity index (χ4n) is 1.55. The first kappa shape index (κ1) is 15.0. The van der Waals surface area contributed by atoms with E-state index >= 15 is 0 Å². The van der Waals surface area contributed by atoms with E-state index in [9.17, 15) is 4.79 Å². The lowest BCUT2D eigenvalue weighted by Crippen LogP contribution is -2.21. The van der Waals surface area contributed by atoms with Gasteiger partial charge in [-0.2, -0.15) is 0 Å². The Balaban J connectivity index is 1.90. The zero-order valence-electron chi connectivity index (χ0n) is 10.3. The topological polar surface area (TPSA) is 41.1 Å². The van der Waals surface area contributed by atoms with E-state index < -0.39 is 0 Å². The Morgan fingerprint density at radius 1 is 0.950 bits per heavy atom. The van der Waals surface area contributed by atoms with Crippen molar-refractivity contribution in [3.63, 3.8) is 0 Å². The highest BCUT2D eigenvalue weighted by atomic mass is 35.5. The molecule has 0 bridgehead atoms. The molecule has 2 N–H and O–H groups in total. The molecule has 20 heavy (non-hydrogen) atoms. The molecule has 2 aromatic rings. The van der Waals surface area contributed by atoms with Crippen LogP contribution in [-0.2, 0) is 4.79 Å². The quantitative estimate of drug-likeness (QED) is 0.854. The predicted octanol–water partition coefficient (Wildman–Crippen LogP) is 4.70. The number of halogens is 3. The van der Waals surface area contributed by atoms with Crippen molar-refractivity contribution in [1.29, 1.82) is 0 Å². The monoisotopic (exact) mass is 328 g/mol. The summed E-state index contributed by atoms with van der Waals surface area (Å²) in [5.74, 6) is -0.182. The zero-order valence-corrected chi connectivity index (χ0v) is 12.6. The van der Waals surface area contributed by atoms with Crippen LogP contribution in [0.1, 0.15) is 0 Å². The van der Waals surface area contributed by atoms with Crippen molar-refractivity contribution < 1.29 is 4.79 Å². The van der Waals surface area contributed by atoms with Gasteiger partial charge in [0.05, 0.1) is 17.3 Å². The smallest absolute Gasteiger partial charge is 0.243 e. The predicted molar refractivity (Wildman–Crippen MR) is 85.0 cm³/mol. The first-order valence-corrected chi connectivity index (χ1v) is 6.92. The molecule has 0 radical (unpaired) electrons. The normalized spacial score (nSPS) is 10.2. The van der Waals surface area contributed by atoms with Crippen LogP contribution >= 0.6 is 34.8 Å². The van der Waals surface area contributed by atoms with Crippen molar-refractivity contribution in [1.82, 2.24) is 0 Å². The van der Waals surface area contributed by atoms with E-state index in [1.54, 1.807) is 42.5 Å². The molecule has 0 atom stereocenters. The molecule has 0 aliphatic rings. The molecule has 0 aliphatic carbocycles. The van der Waals surface area contributed by atoms with Crippen LogP contribution in [-0.4, -0.2) is 12.5 Å². The summed E-state index contributed by atoms with van der Waals surface area (Å²) in [5, 5.41) is 7.32. The number of anilines is 2. The Hall–Kier alpha value is -1.42. The fourth-order valence-corrected chi connectivity index (χ4v) is 2.15. The Kier molecular flexibility index (Phi) is 5.12. The second kappa shape index (κ2) is 6.84. The summed E-state index contributed by atoms with van der Waals surface area (Å²) >= 11 is 17.6. The van der Waals surface area contributed by atoms with Gasteiger partial charge >= 0.3 is 0 Å². The molecule has 0 unspecified atom stereocenters. The number of rotatable bonds is 4. The van der Waals surface area contributed by atoms with Gasteiger partial charge in [0, 0.05) is 15.7 Å². The van der Waals surface area contributed by atoms with Crippen molar-refractivity contribution in [2.24, 2.45) is 0 Å². The second-order valence-electron chi connectivity index (χ2n) is 4.03. The minimum absolute atomic E-state index is 0.101. The molecule has 0 fully saturated rings. The van der Waals surface area contributed by atoms with Crippen molar-refractivity contribution >= 4 is 52.1 Å². The summed E-state index contributed by atoms with van der Waals surface area (Å²) in [6.45, 7) is 0.101. The maximum Gasteiger partial charge on any atom is 0.243 e. The highest BCUT2D eigenvalue weighted by Gasteiger charge is 2.05. The van der Waals surface area contributed by atoms with Crippen LogP contribution in [0, 0.1) is 0 Å². The molecule has 2 aromatic carbocycles. The number of benzene rings is 2. The minimum Gasteiger partial charge on any atom is -0.375 e. The average molecular weight is 330 g/mol. The highest BCUT2D eigenvalue weighted by Crippen LogP contribution is 2.25. The molecule has 0 saturated heterocycles. The Labute approximate surface area is 131 Å². The summed E-state index contributed by atoms with van der Waals surface area (Å²) in [5.41, 5.74) is 1.34. The van der Waals surface area contributed by atoms with Crippen molar-refractivity contribution in [3.8, 4) is 0 Å². The average Bonchev–Trinajstić information content (AvgIpc) is 2.40. The summed E-state index contributed by atoms with van der Waals surface area (Å²) in [6.07, 6.45) is 0. The lowest BCUT2D eigenvalue weighted by molar-refractivity contribution is -0.114. The number of amides is 1. The minimum atomic E-state index is -0.182. The molecule has 3 nitrogen and oxygen atoms in total. The maximum absolute atomic E-state index is 11.8. The molecule has 0 spiro atoms. The van der Waals surface area contributed by atoms with Gasteiger partial charge in [0.1, 0.15) is 0 Å². The van der Waals surface area contributed by atoms with Crippen LogP contribution < -0.4 is 10.6 Å². The fraction of sp³-hybridized carbons (Fsp3) is 0.0714. The second-order valence-corrected chi connectivity index (χ2v) is 5.31. The summed E-state index contributed by atoms with van der Waals surface area (Å²) in [6, 6.07) is 11.9. The summed E-state index contributed by atoms with van der Waals surface area (Å²) in [7, 11) is 0. The van der Waals surface area contributed by atoms with Gasteiger partial charge in [0.15, 0.2) is 0 Å². The SMILES string of the molecule is O=C(CNc1ccc(Cl)cc1Cl)Nc1ccc(Cl)cc1.